The maximum atomic E-state index is 10.8. The Morgan fingerprint density at radius 1 is 1.53 bits per heavy atom. The summed E-state index contributed by atoms with van der Waals surface area (Å²) in [4.78, 5) is 10.8. The second-order valence-corrected chi connectivity index (χ2v) is 3.63. The number of hydrogen-bond donors (Lipinski definition) is 3. The van der Waals surface area contributed by atoms with E-state index < -0.39 is 5.97 Å². The van der Waals surface area contributed by atoms with Crippen LogP contribution >= 0.6 is 0 Å². The van der Waals surface area contributed by atoms with Gasteiger partial charge in [0.25, 0.3) is 0 Å². The second kappa shape index (κ2) is 4.31. The predicted octanol–water partition coefficient (Wildman–Crippen LogP) is 1.37. The maximum absolute atomic E-state index is 10.8. The van der Waals surface area contributed by atoms with Gasteiger partial charge >= 0.3 is 5.97 Å². The summed E-state index contributed by atoms with van der Waals surface area (Å²) in [5.41, 5.74) is 7.84. The number of rotatable bonds is 3. The van der Waals surface area contributed by atoms with Crippen molar-refractivity contribution in [2.75, 3.05) is 12.3 Å². The Hall–Kier alpha value is -1.55. The van der Waals surface area contributed by atoms with Crippen LogP contribution in [0.5, 0.6) is 0 Å². The van der Waals surface area contributed by atoms with Crippen LogP contribution in [0.15, 0.2) is 12.1 Å². The quantitative estimate of drug-likeness (QED) is 0.656. The molecule has 0 aliphatic rings. The maximum Gasteiger partial charge on any atom is 0.336 e. The largest absolute Gasteiger partial charge is 0.478 e. The fraction of sp³-hybridized carbons (Fsp3) is 0.364. The summed E-state index contributed by atoms with van der Waals surface area (Å²) in [6, 6.07) is 3.18. The van der Waals surface area contributed by atoms with Gasteiger partial charge in [-0.2, -0.15) is 0 Å². The normalized spacial score (nSPS) is 12.5. The molecule has 0 bridgehead atoms. The van der Waals surface area contributed by atoms with Crippen LogP contribution < -0.4 is 5.73 Å². The van der Waals surface area contributed by atoms with E-state index in [4.69, 9.17) is 15.9 Å². The van der Waals surface area contributed by atoms with E-state index in [9.17, 15) is 4.79 Å². The number of carbonyl (C=O) groups is 1. The highest BCUT2D eigenvalue weighted by Gasteiger charge is 2.15. The van der Waals surface area contributed by atoms with E-state index in [0.717, 1.165) is 5.56 Å². The molecule has 0 aliphatic carbocycles. The summed E-state index contributed by atoms with van der Waals surface area (Å²) < 4.78 is 0. The fourth-order valence-corrected chi connectivity index (χ4v) is 1.51. The average molecular weight is 209 g/mol. The van der Waals surface area contributed by atoms with Gasteiger partial charge in [0, 0.05) is 18.2 Å². The molecule has 1 rings (SSSR count). The van der Waals surface area contributed by atoms with Crippen molar-refractivity contribution >= 4 is 11.7 Å². The number of nitrogen functional groups attached to an aromatic ring is 1. The number of hydrogen-bond acceptors (Lipinski definition) is 3. The molecule has 1 atom stereocenters. The molecule has 0 saturated carbocycles. The van der Waals surface area contributed by atoms with Gasteiger partial charge in [-0.05, 0) is 24.1 Å². The van der Waals surface area contributed by atoms with Gasteiger partial charge in [-0.15, -0.1) is 0 Å². The minimum Gasteiger partial charge on any atom is -0.478 e. The summed E-state index contributed by atoms with van der Waals surface area (Å²) in [6.07, 6.45) is 0. The average Bonchev–Trinajstić information content (AvgIpc) is 2.20. The molecule has 1 aromatic rings. The fourth-order valence-electron chi connectivity index (χ4n) is 1.51. The Morgan fingerprint density at radius 3 is 2.60 bits per heavy atom. The molecule has 82 valence electrons. The van der Waals surface area contributed by atoms with Crippen molar-refractivity contribution in [1.82, 2.24) is 0 Å². The summed E-state index contributed by atoms with van der Waals surface area (Å²) in [5, 5.41) is 17.9. The lowest BCUT2D eigenvalue weighted by Gasteiger charge is -2.14. The lowest BCUT2D eigenvalue weighted by atomic mass is 9.94. The van der Waals surface area contributed by atoms with Crippen molar-refractivity contribution < 1.29 is 15.0 Å². The monoisotopic (exact) mass is 209 g/mol. The first-order valence-electron chi connectivity index (χ1n) is 4.72. The van der Waals surface area contributed by atoms with Gasteiger partial charge in [0.05, 0.1) is 5.56 Å². The summed E-state index contributed by atoms with van der Waals surface area (Å²) in [7, 11) is 0. The van der Waals surface area contributed by atoms with Crippen molar-refractivity contribution in [1.29, 1.82) is 0 Å². The van der Waals surface area contributed by atoms with E-state index in [1.807, 2.05) is 6.92 Å². The van der Waals surface area contributed by atoms with E-state index in [2.05, 4.69) is 0 Å². The van der Waals surface area contributed by atoms with Gasteiger partial charge in [0.1, 0.15) is 0 Å². The number of anilines is 1. The molecule has 0 spiro atoms. The van der Waals surface area contributed by atoms with Gasteiger partial charge in [0.15, 0.2) is 0 Å². The van der Waals surface area contributed by atoms with Gasteiger partial charge in [-0.1, -0.05) is 13.0 Å². The Morgan fingerprint density at radius 2 is 2.13 bits per heavy atom. The number of nitrogens with two attached hydrogens (primary N) is 1. The van der Waals surface area contributed by atoms with Crippen LogP contribution in [0.3, 0.4) is 0 Å². The molecule has 0 unspecified atom stereocenters. The molecule has 0 fully saturated rings. The van der Waals surface area contributed by atoms with Crippen LogP contribution in [0.25, 0.3) is 0 Å². The lowest BCUT2D eigenvalue weighted by Crippen LogP contribution is -2.09. The van der Waals surface area contributed by atoms with Gasteiger partial charge in [-0.25, -0.2) is 4.79 Å². The van der Waals surface area contributed by atoms with Crippen molar-refractivity contribution in [3.05, 3.63) is 28.8 Å². The lowest BCUT2D eigenvalue weighted by molar-refractivity contribution is 0.0696. The zero-order chi connectivity index (χ0) is 11.6. The van der Waals surface area contributed by atoms with E-state index in [1.54, 1.807) is 13.0 Å². The number of benzene rings is 1. The van der Waals surface area contributed by atoms with E-state index in [0.29, 0.717) is 11.3 Å². The molecule has 1 aromatic carbocycles. The highest BCUT2D eigenvalue weighted by atomic mass is 16.4. The van der Waals surface area contributed by atoms with Crippen molar-refractivity contribution in [2.24, 2.45) is 0 Å². The Bertz CT molecular complexity index is 388. The van der Waals surface area contributed by atoms with Gasteiger partial charge < -0.3 is 15.9 Å². The molecule has 0 radical (unpaired) electrons. The molecule has 0 amide bonds. The first-order chi connectivity index (χ1) is 6.99. The summed E-state index contributed by atoms with van der Waals surface area (Å²) in [6.45, 7) is 3.51. The third-order valence-corrected chi connectivity index (χ3v) is 2.58. The first-order valence-corrected chi connectivity index (χ1v) is 4.72. The topological polar surface area (TPSA) is 83.5 Å². The number of aromatic carboxylic acids is 1. The highest BCUT2D eigenvalue weighted by molar-refractivity contribution is 5.91. The van der Waals surface area contributed by atoms with Crippen molar-refractivity contribution in [3.8, 4) is 0 Å². The zero-order valence-electron chi connectivity index (χ0n) is 8.82. The Labute approximate surface area is 88.3 Å². The molecule has 0 saturated heterocycles. The van der Waals surface area contributed by atoms with Crippen LogP contribution in [0.1, 0.15) is 34.3 Å². The molecular weight excluding hydrogens is 194 g/mol. The minimum atomic E-state index is -0.984. The van der Waals surface area contributed by atoms with E-state index in [1.165, 1.54) is 6.07 Å². The van der Waals surface area contributed by atoms with Gasteiger partial charge in [-0.3, -0.25) is 0 Å². The molecule has 0 aromatic heterocycles. The van der Waals surface area contributed by atoms with E-state index >= 15 is 0 Å². The summed E-state index contributed by atoms with van der Waals surface area (Å²) >= 11 is 0. The molecule has 0 aliphatic heterocycles. The van der Waals surface area contributed by atoms with Crippen molar-refractivity contribution in [2.45, 2.75) is 19.8 Å². The molecular formula is C11H15NO3. The van der Waals surface area contributed by atoms with Crippen LogP contribution in [0.2, 0.25) is 0 Å². The number of carboxylic acids is 1. The van der Waals surface area contributed by atoms with Crippen LogP contribution in [-0.4, -0.2) is 22.8 Å². The third kappa shape index (κ3) is 2.10. The Kier molecular flexibility index (Phi) is 3.31. The minimum absolute atomic E-state index is 0.00391. The van der Waals surface area contributed by atoms with E-state index in [-0.39, 0.29) is 18.1 Å². The smallest absolute Gasteiger partial charge is 0.336 e. The van der Waals surface area contributed by atoms with Crippen LogP contribution in [-0.2, 0) is 0 Å². The van der Waals surface area contributed by atoms with Crippen LogP contribution in [0.4, 0.5) is 5.69 Å². The molecule has 4 nitrogen and oxygen atoms in total. The third-order valence-electron chi connectivity index (χ3n) is 2.58. The molecule has 15 heavy (non-hydrogen) atoms. The number of aliphatic hydroxyl groups excluding tert-OH is 1. The zero-order valence-corrected chi connectivity index (χ0v) is 8.82. The summed E-state index contributed by atoms with van der Waals surface area (Å²) in [5.74, 6) is -1.06. The second-order valence-electron chi connectivity index (χ2n) is 3.63. The van der Waals surface area contributed by atoms with Crippen LogP contribution in [0, 0.1) is 6.92 Å². The SMILES string of the molecule is Cc1c(C(=O)O)ccc([C@H](C)CO)c1N. The molecule has 4 N–H and O–H groups in total. The number of aliphatic hydroxyl groups is 1. The van der Waals surface area contributed by atoms with Crippen molar-refractivity contribution in [3.63, 3.8) is 0 Å². The number of carboxylic acid groups (broad SMARTS) is 1. The first kappa shape index (κ1) is 11.5. The highest BCUT2D eigenvalue weighted by Crippen LogP contribution is 2.27. The van der Waals surface area contributed by atoms with Gasteiger partial charge in [0.2, 0.25) is 0 Å². The molecule has 0 heterocycles. The predicted molar refractivity (Wildman–Crippen MR) is 58.1 cm³/mol. The Balaban J connectivity index is 3.27. The standard InChI is InChI=1S/C11H15NO3/c1-6(5-13)8-3-4-9(11(14)15)7(2)10(8)12/h3-4,6,13H,5,12H2,1-2H3,(H,14,15)/t6-/m1/s1. The molecule has 4 heteroatoms.